The maximum absolute atomic E-state index is 11.6. The maximum atomic E-state index is 11.6. The van der Waals surface area contributed by atoms with Gasteiger partial charge in [0.05, 0.1) is 10.1 Å². The van der Waals surface area contributed by atoms with Crippen molar-refractivity contribution in [1.29, 1.82) is 0 Å². The van der Waals surface area contributed by atoms with Gasteiger partial charge in [-0.25, -0.2) is 22.0 Å². The Bertz CT molecular complexity index is 648. The number of hydrogen-bond acceptors (Lipinski definition) is 4. The molecule has 18 heavy (non-hydrogen) atoms. The summed E-state index contributed by atoms with van der Waals surface area (Å²) in [6, 6.07) is 4.08. The molecule has 0 radical (unpaired) electrons. The molecule has 0 saturated heterocycles. The van der Waals surface area contributed by atoms with Crippen LogP contribution < -0.4 is 9.86 Å². The zero-order chi connectivity index (χ0) is 14.1. The highest BCUT2D eigenvalue weighted by atomic mass is 32.2. The third-order valence-corrected chi connectivity index (χ3v) is 5.19. The molecule has 0 aromatic heterocycles. The molecule has 1 rings (SSSR count). The molecule has 3 N–H and O–H groups in total. The van der Waals surface area contributed by atoms with Crippen LogP contribution in [0.2, 0.25) is 0 Å². The van der Waals surface area contributed by atoms with E-state index in [1.54, 1.807) is 20.8 Å². The fourth-order valence-electron chi connectivity index (χ4n) is 1.31. The topological polar surface area (TPSA) is 106 Å². The molecule has 1 aromatic carbocycles. The molecular formula is C10H16N2O4S2. The average molecular weight is 292 g/mol. The lowest BCUT2D eigenvalue weighted by Gasteiger charge is -2.12. The van der Waals surface area contributed by atoms with Gasteiger partial charge in [0.1, 0.15) is 0 Å². The van der Waals surface area contributed by atoms with E-state index in [2.05, 4.69) is 4.72 Å². The second kappa shape index (κ2) is 4.87. The van der Waals surface area contributed by atoms with Crippen molar-refractivity contribution in [3.05, 3.63) is 23.8 Å². The highest BCUT2D eigenvalue weighted by Crippen LogP contribution is 2.20. The number of aryl methyl sites for hydroxylation is 1. The molecule has 0 atom stereocenters. The van der Waals surface area contributed by atoms with Crippen molar-refractivity contribution in [3.63, 3.8) is 0 Å². The summed E-state index contributed by atoms with van der Waals surface area (Å²) in [4.78, 5) is -0.0185. The molecule has 8 heteroatoms. The zero-order valence-electron chi connectivity index (χ0n) is 10.3. The number of hydrogen-bond donors (Lipinski definition) is 2. The van der Waals surface area contributed by atoms with Crippen molar-refractivity contribution >= 4 is 25.7 Å². The van der Waals surface area contributed by atoms with Gasteiger partial charge in [0, 0.05) is 5.69 Å². The molecule has 0 aliphatic carbocycles. The van der Waals surface area contributed by atoms with E-state index in [1.807, 2.05) is 0 Å². The Labute approximate surface area is 107 Å². The van der Waals surface area contributed by atoms with E-state index < -0.39 is 25.3 Å². The molecule has 0 fully saturated rings. The van der Waals surface area contributed by atoms with Crippen LogP contribution in [0.4, 0.5) is 5.69 Å². The Morgan fingerprint density at radius 2 is 1.72 bits per heavy atom. The van der Waals surface area contributed by atoms with Crippen molar-refractivity contribution in [2.75, 3.05) is 4.72 Å². The van der Waals surface area contributed by atoms with Crippen molar-refractivity contribution in [2.45, 2.75) is 30.9 Å². The van der Waals surface area contributed by atoms with Gasteiger partial charge in [-0.05, 0) is 44.5 Å². The molecule has 0 aliphatic rings. The zero-order valence-corrected chi connectivity index (χ0v) is 12.0. The van der Waals surface area contributed by atoms with E-state index in [0.717, 1.165) is 0 Å². The second-order valence-corrected chi connectivity index (χ2v) is 7.99. The van der Waals surface area contributed by atoms with E-state index in [9.17, 15) is 16.8 Å². The van der Waals surface area contributed by atoms with Crippen molar-refractivity contribution in [1.82, 2.24) is 0 Å². The molecule has 102 valence electrons. The van der Waals surface area contributed by atoms with E-state index in [4.69, 9.17) is 5.14 Å². The van der Waals surface area contributed by atoms with Gasteiger partial charge in [-0.3, -0.25) is 4.72 Å². The number of nitrogens with two attached hydrogens (primary N) is 1. The third kappa shape index (κ3) is 3.44. The first-order chi connectivity index (χ1) is 8.04. The second-order valence-electron chi connectivity index (χ2n) is 4.22. The smallest absolute Gasteiger partial charge is 0.238 e. The lowest BCUT2D eigenvalue weighted by atomic mass is 10.2. The first kappa shape index (κ1) is 14.9. The van der Waals surface area contributed by atoms with Crippen LogP contribution in [0.5, 0.6) is 0 Å². The first-order valence-electron chi connectivity index (χ1n) is 5.19. The minimum absolute atomic E-state index is 0.0185. The van der Waals surface area contributed by atoms with Crippen LogP contribution >= 0.6 is 0 Å². The van der Waals surface area contributed by atoms with Crippen molar-refractivity contribution < 1.29 is 16.8 Å². The Hall–Kier alpha value is -1.12. The predicted molar refractivity (Wildman–Crippen MR) is 70.2 cm³/mol. The minimum atomic E-state index is -3.79. The van der Waals surface area contributed by atoms with Crippen LogP contribution in [0.1, 0.15) is 19.4 Å². The van der Waals surface area contributed by atoms with Crippen LogP contribution in [0, 0.1) is 6.92 Å². The van der Waals surface area contributed by atoms with Gasteiger partial charge in [0.25, 0.3) is 0 Å². The summed E-state index contributed by atoms with van der Waals surface area (Å²) in [7, 11) is -7.23. The van der Waals surface area contributed by atoms with Crippen molar-refractivity contribution in [3.8, 4) is 0 Å². The Balaban J connectivity index is 3.15. The van der Waals surface area contributed by atoms with Crippen LogP contribution in [0.25, 0.3) is 0 Å². The summed E-state index contributed by atoms with van der Waals surface area (Å²) in [5.74, 6) is 0. The van der Waals surface area contributed by atoms with Gasteiger partial charge in [0.15, 0.2) is 0 Å². The molecule has 0 unspecified atom stereocenters. The van der Waals surface area contributed by atoms with Crippen molar-refractivity contribution in [2.24, 2.45) is 5.14 Å². The SMILES string of the molecule is Cc1cc(NS(=O)(=O)C(C)C)ccc1S(N)(=O)=O. The number of primary sulfonamides is 1. The van der Waals surface area contributed by atoms with Gasteiger partial charge in [0.2, 0.25) is 20.0 Å². The quantitative estimate of drug-likeness (QED) is 0.855. The lowest BCUT2D eigenvalue weighted by Crippen LogP contribution is -2.22. The fourth-order valence-corrected chi connectivity index (χ4v) is 2.77. The molecule has 0 saturated carbocycles. The monoisotopic (exact) mass is 292 g/mol. The molecule has 0 aliphatic heterocycles. The minimum Gasteiger partial charge on any atom is -0.283 e. The number of benzene rings is 1. The van der Waals surface area contributed by atoms with Gasteiger partial charge in [-0.15, -0.1) is 0 Å². The predicted octanol–water partition coefficient (Wildman–Crippen LogP) is 0.793. The van der Waals surface area contributed by atoms with E-state index >= 15 is 0 Å². The summed E-state index contributed by atoms with van der Waals surface area (Å²) in [5.41, 5.74) is 0.704. The van der Waals surface area contributed by atoms with E-state index in [-0.39, 0.29) is 4.90 Å². The molecule has 6 nitrogen and oxygen atoms in total. The van der Waals surface area contributed by atoms with Crippen LogP contribution in [0.3, 0.4) is 0 Å². The van der Waals surface area contributed by atoms with Crippen LogP contribution in [0.15, 0.2) is 23.1 Å². The van der Waals surface area contributed by atoms with E-state index in [0.29, 0.717) is 11.3 Å². The summed E-state index contributed by atoms with van der Waals surface area (Å²) in [6.45, 7) is 4.65. The van der Waals surface area contributed by atoms with Crippen LogP contribution in [-0.2, 0) is 20.0 Å². The summed E-state index contributed by atoms with van der Waals surface area (Å²) < 4.78 is 48.0. The normalized spacial score (nSPS) is 12.7. The molecular weight excluding hydrogens is 276 g/mol. The van der Waals surface area contributed by atoms with Gasteiger partial charge in [-0.2, -0.15) is 0 Å². The maximum Gasteiger partial charge on any atom is 0.238 e. The molecule has 0 bridgehead atoms. The molecule has 0 heterocycles. The van der Waals surface area contributed by atoms with Crippen LogP contribution in [-0.4, -0.2) is 22.1 Å². The third-order valence-electron chi connectivity index (χ3n) is 2.36. The summed E-state index contributed by atoms with van der Waals surface area (Å²) in [5, 5.41) is 4.44. The summed E-state index contributed by atoms with van der Waals surface area (Å²) >= 11 is 0. The van der Waals surface area contributed by atoms with Gasteiger partial charge < -0.3 is 0 Å². The molecule has 0 spiro atoms. The Morgan fingerprint density at radius 3 is 2.11 bits per heavy atom. The summed E-state index contributed by atoms with van der Waals surface area (Å²) in [6.07, 6.45) is 0. The highest BCUT2D eigenvalue weighted by molar-refractivity contribution is 7.93. The average Bonchev–Trinajstić information content (AvgIpc) is 2.14. The Kier molecular flexibility index (Phi) is 4.04. The number of nitrogens with one attached hydrogen (secondary N) is 1. The van der Waals surface area contributed by atoms with E-state index in [1.165, 1.54) is 18.2 Å². The Morgan fingerprint density at radius 1 is 1.17 bits per heavy atom. The van der Waals surface area contributed by atoms with Gasteiger partial charge >= 0.3 is 0 Å². The van der Waals surface area contributed by atoms with Gasteiger partial charge in [-0.1, -0.05) is 0 Å². The number of rotatable bonds is 4. The first-order valence-corrected chi connectivity index (χ1v) is 8.28. The number of sulfonamides is 2. The lowest BCUT2D eigenvalue weighted by molar-refractivity contribution is 0.592. The molecule has 0 amide bonds. The molecule has 1 aromatic rings. The number of anilines is 1. The highest BCUT2D eigenvalue weighted by Gasteiger charge is 2.17. The largest absolute Gasteiger partial charge is 0.283 e. The fraction of sp³-hybridized carbons (Fsp3) is 0.400. The standard InChI is InChI=1S/C10H16N2O4S2/c1-7(2)18(15,16)12-9-4-5-10(8(3)6-9)17(11,13)14/h4-7,12H,1-3H3,(H2,11,13,14).